The van der Waals surface area contributed by atoms with Gasteiger partial charge in [-0.3, -0.25) is 19.5 Å². The lowest BCUT2D eigenvalue weighted by molar-refractivity contribution is -0.132. The lowest BCUT2D eigenvalue weighted by atomic mass is 10.00. The van der Waals surface area contributed by atoms with Crippen LogP contribution in [0.5, 0.6) is 5.75 Å². The van der Waals surface area contributed by atoms with Crippen molar-refractivity contribution in [3.8, 4) is 27.7 Å². The van der Waals surface area contributed by atoms with Crippen LogP contribution in [0, 0.1) is 0 Å². The van der Waals surface area contributed by atoms with Gasteiger partial charge in [0.15, 0.2) is 6.61 Å². The number of hydrogen-bond donors (Lipinski definition) is 0. The summed E-state index contributed by atoms with van der Waals surface area (Å²) in [7, 11) is 0. The number of carbonyl (C=O) groups is 2. The Morgan fingerprint density at radius 1 is 1.03 bits per heavy atom. The highest BCUT2D eigenvalue weighted by atomic mass is 32.1. The van der Waals surface area contributed by atoms with E-state index in [1.807, 2.05) is 58.8 Å². The van der Waals surface area contributed by atoms with E-state index in [0.29, 0.717) is 24.5 Å². The van der Waals surface area contributed by atoms with Crippen molar-refractivity contribution in [2.75, 3.05) is 24.6 Å². The van der Waals surface area contributed by atoms with Gasteiger partial charge in [-0.05, 0) is 47.9 Å². The molecule has 0 saturated carbocycles. The van der Waals surface area contributed by atoms with Crippen molar-refractivity contribution in [3.63, 3.8) is 0 Å². The highest BCUT2D eigenvalue weighted by Gasteiger charge is 2.30. The molecule has 0 aliphatic carbocycles. The van der Waals surface area contributed by atoms with Gasteiger partial charge in [-0.1, -0.05) is 30.3 Å². The molecular weight excluding hydrogens is 460 g/mol. The average Bonchev–Trinajstić information content (AvgIpc) is 3.41. The number of amides is 2. The predicted octanol–water partition coefficient (Wildman–Crippen LogP) is 4.18. The Labute approximate surface area is 206 Å². The second kappa shape index (κ2) is 8.96. The number of hydrogen-bond acceptors (Lipinski definition) is 6. The number of fused-ring (bicyclic) bond motifs is 2. The van der Waals surface area contributed by atoms with Crippen LogP contribution in [0.25, 0.3) is 22.0 Å². The SMILES string of the molecule is O=C(CN1C(=O)COc2ccc(-c3csc(-c4ccccn4)n3)cc21)N1CCc2ccccc2C1. The van der Waals surface area contributed by atoms with Crippen molar-refractivity contribution in [2.45, 2.75) is 13.0 Å². The monoisotopic (exact) mass is 482 g/mol. The van der Waals surface area contributed by atoms with Gasteiger partial charge in [-0.2, -0.15) is 0 Å². The first kappa shape index (κ1) is 21.5. The highest BCUT2D eigenvalue weighted by Crippen LogP contribution is 2.37. The molecule has 8 heteroatoms. The van der Waals surface area contributed by atoms with Crippen LogP contribution in [-0.4, -0.2) is 46.4 Å². The standard InChI is InChI=1S/C27H22N4O3S/c32-25(30-12-10-18-5-1-2-6-20(18)14-30)15-31-23-13-19(8-9-24(23)34-16-26(31)33)22-17-35-27(29-22)21-7-3-4-11-28-21/h1-9,11,13,17H,10,12,14-16H2. The van der Waals surface area contributed by atoms with Gasteiger partial charge in [0, 0.05) is 30.2 Å². The van der Waals surface area contributed by atoms with Gasteiger partial charge in [0.25, 0.3) is 5.91 Å². The Morgan fingerprint density at radius 3 is 2.74 bits per heavy atom. The maximum absolute atomic E-state index is 13.2. The van der Waals surface area contributed by atoms with Crippen LogP contribution in [-0.2, 0) is 22.6 Å². The minimum Gasteiger partial charge on any atom is -0.482 e. The number of carbonyl (C=O) groups excluding carboxylic acids is 2. The van der Waals surface area contributed by atoms with Gasteiger partial charge in [0.2, 0.25) is 5.91 Å². The third-order valence-corrected chi connectivity index (χ3v) is 7.23. The van der Waals surface area contributed by atoms with Crippen molar-refractivity contribution in [2.24, 2.45) is 0 Å². The molecule has 2 aromatic carbocycles. The molecule has 6 rings (SSSR count). The number of benzene rings is 2. The molecule has 2 amide bonds. The van der Waals surface area contributed by atoms with E-state index in [0.717, 1.165) is 33.9 Å². The third kappa shape index (κ3) is 4.17. The normalized spacial score (nSPS) is 14.8. The molecule has 4 heterocycles. The zero-order valence-electron chi connectivity index (χ0n) is 18.9. The number of ether oxygens (including phenoxy) is 1. The molecule has 35 heavy (non-hydrogen) atoms. The first-order valence-electron chi connectivity index (χ1n) is 11.4. The van der Waals surface area contributed by atoms with Crippen molar-refractivity contribution in [3.05, 3.63) is 83.4 Å². The second-order valence-corrected chi connectivity index (χ2v) is 9.40. The quantitative estimate of drug-likeness (QED) is 0.436. The van der Waals surface area contributed by atoms with E-state index in [-0.39, 0.29) is 25.0 Å². The Balaban J connectivity index is 1.25. The van der Waals surface area contributed by atoms with Gasteiger partial charge >= 0.3 is 0 Å². The fraction of sp³-hybridized carbons (Fsp3) is 0.185. The maximum atomic E-state index is 13.2. The van der Waals surface area contributed by atoms with Crippen LogP contribution in [0.15, 0.2) is 72.2 Å². The number of pyridine rings is 1. The Bertz CT molecular complexity index is 1420. The third-order valence-electron chi connectivity index (χ3n) is 6.36. The Morgan fingerprint density at radius 2 is 1.89 bits per heavy atom. The minimum absolute atomic E-state index is 0.0168. The van der Waals surface area contributed by atoms with Crippen LogP contribution in [0.4, 0.5) is 5.69 Å². The Kier molecular flexibility index (Phi) is 5.50. The summed E-state index contributed by atoms with van der Waals surface area (Å²) in [4.78, 5) is 38.5. The lowest BCUT2D eigenvalue weighted by Gasteiger charge is -2.33. The summed E-state index contributed by atoms with van der Waals surface area (Å²) in [5, 5.41) is 2.79. The molecule has 2 aromatic heterocycles. The smallest absolute Gasteiger partial charge is 0.265 e. The largest absolute Gasteiger partial charge is 0.482 e. The van der Waals surface area contributed by atoms with E-state index in [1.165, 1.54) is 21.8 Å². The number of anilines is 1. The van der Waals surface area contributed by atoms with Gasteiger partial charge < -0.3 is 9.64 Å². The van der Waals surface area contributed by atoms with E-state index >= 15 is 0 Å². The van der Waals surface area contributed by atoms with Crippen LogP contribution >= 0.6 is 11.3 Å². The van der Waals surface area contributed by atoms with Gasteiger partial charge in [0.05, 0.1) is 17.1 Å². The van der Waals surface area contributed by atoms with Crippen molar-refractivity contribution >= 4 is 28.8 Å². The molecule has 0 unspecified atom stereocenters. The molecule has 4 aromatic rings. The average molecular weight is 483 g/mol. The first-order valence-corrected chi connectivity index (χ1v) is 12.3. The van der Waals surface area contributed by atoms with Crippen LogP contribution < -0.4 is 9.64 Å². The Hall–Kier alpha value is -4.04. The van der Waals surface area contributed by atoms with Crippen LogP contribution in [0.1, 0.15) is 11.1 Å². The molecule has 0 spiro atoms. The summed E-state index contributed by atoms with van der Waals surface area (Å²) < 4.78 is 5.66. The number of thiazole rings is 1. The molecule has 2 aliphatic rings. The summed E-state index contributed by atoms with van der Waals surface area (Å²) in [5.74, 6) is 0.287. The maximum Gasteiger partial charge on any atom is 0.265 e. The molecule has 174 valence electrons. The molecule has 0 radical (unpaired) electrons. The number of rotatable bonds is 4. The molecule has 0 fully saturated rings. The number of aromatic nitrogens is 2. The molecule has 0 bridgehead atoms. The lowest BCUT2D eigenvalue weighted by Crippen LogP contribution is -2.47. The van der Waals surface area contributed by atoms with Crippen LogP contribution in [0.2, 0.25) is 0 Å². The molecular formula is C27H22N4O3S. The van der Waals surface area contributed by atoms with E-state index in [2.05, 4.69) is 17.1 Å². The van der Waals surface area contributed by atoms with Gasteiger partial charge in [-0.15, -0.1) is 11.3 Å². The van der Waals surface area contributed by atoms with Gasteiger partial charge in [0.1, 0.15) is 17.3 Å². The predicted molar refractivity (Wildman–Crippen MR) is 134 cm³/mol. The van der Waals surface area contributed by atoms with Crippen LogP contribution in [0.3, 0.4) is 0 Å². The van der Waals surface area contributed by atoms with Crippen molar-refractivity contribution in [1.82, 2.24) is 14.9 Å². The molecule has 0 saturated heterocycles. The minimum atomic E-state index is -0.229. The molecule has 0 atom stereocenters. The fourth-order valence-electron chi connectivity index (χ4n) is 4.49. The summed E-state index contributed by atoms with van der Waals surface area (Å²) in [6.45, 7) is 1.12. The van der Waals surface area contributed by atoms with E-state index in [9.17, 15) is 9.59 Å². The van der Waals surface area contributed by atoms with Crippen molar-refractivity contribution in [1.29, 1.82) is 0 Å². The second-order valence-electron chi connectivity index (χ2n) is 8.54. The fourth-order valence-corrected chi connectivity index (χ4v) is 5.30. The molecule has 0 N–H and O–H groups in total. The number of nitrogens with zero attached hydrogens (tertiary/aromatic N) is 4. The summed E-state index contributed by atoms with van der Waals surface area (Å²) in [6, 6.07) is 19.6. The zero-order chi connectivity index (χ0) is 23.8. The van der Waals surface area contributed by atoms with Gasteiger partial charge in [-0.25, -0.2) is 4.98 Å². The molecule has 2 aliphatic heterocycles. The van der Waals surface area contributed by atoms with E-state index < -0.39 is 0 Å². The zero-order valence-corrected chi connectivity index (χ0v) is 19.7. The summed E-state index contributed by atoms with van der Waals surface area (Å²) in [6.07, 6.45) is 2.57. The van der Waals surface area contributed by atoms with Crippen molar-refractivity contribution < 1.29 is 14.3 Å². The summed E-state index contributed by atoms with van der Waals surface area (Å²) in [5.41, 5.74) is 5.49. The van der Waals surface area contributed by atoms with E-state index in [4.69, 9.17) is 9.72 Å². The molecule has 7 nitrogen and oxygen atoms in total. The topological polar surface area (TPSA) is 75.6 Å². The summed E-state index contributed by atoms with van der Waals surface area (Å²) >= 11 is 1.51. The first-order chi connectivity index (χ1) is 17.2. The van der Waals surface area contributed by atoms with E-state index in [1.54, 1.807) is 6.20 Å². The highest BCUT2D eigenvalue weighted by molar-refractivity contribution is 7.13.